The van der Waals surface area contributed by atoms with Gasteiger partial charge in [-0.2, -0.15) is 0 Å². The second-order valence-corrected chi connectivity index (χ2v) is 6.97. The molecule has 0 aliphatic rings. The normalized spacial score (nSPS) is 11.4. The Morgan fingerprint density at radius 3 is 2.00 bits per heavy atom. The standard InChI is InChI=1S/C27H23N/c1-20-15-17-23(18-16-20)24-13-8-14-25(27(24)28)26(22-11-6-3-7-12-22)19-21-9-4-2-5-10-21/h2-19H,28H2,1H3. The zero-order valence-electron chi connectivity index (χ0n) is 16.0. The molecule has 0 aliphatic heterocycles. The Morgan fingerprint density at radius 1 is 0.679 bits per heavy atom. The lowest BCUT2D eigenvalue weighted by Gasteiger charge is -2.15. The van der Waals surface area contributed by atoms with E-state index < -0.39 is 0 Å². The third-order valence-electron chi connectivity index (χ3n) is 4.95. The smallest absolute Gasteiger partial charge is 0.0473 e. The van der Waals surface area contributed by atoms with E-state index in [1.54, 1.807) is 0 Å². The van der Waals surface area contributed by atoms with Gasteiger partial charge in [-0.15, -0.1) is 0 Å². The summed E-state index contributed by atoms with van der Waals surface area (Å²) in [7, 11) is 0. The molecule has 0 aromatic heterocycles. The molecule has 0 radical (unpaired) electrons. The molecular formula is C27H23N. The fourth-order valence-corrected chi connectivity index (χ4v) is 3.44. The molecule has 0 atom stereocenters. The van der Waals surface area contributed by atoms with Gasteiger partial charge in [0.2, 0.25) is 0 Å². The predicted octanol–water partition coefficient (Wildman–Crippen LogP) is 6.83. The molecule has 1 heteroatoms. The van der Waals surface area contributed by atoms with Crippen molar-refractivity contribution in [3.63, 3.8) is 0 Å². The average molecular weight is 361 g/mol. The van der Waals surface area contributed by atoms with Crippen LogP contribution < -0.4 is 5.73 Å². The summed E-state index contributed by atoms with van der Waals surface area (Å²) >= 11 is 0. The highest BCUT2D eigenvalue weighted by atomic mass is 14.6. The van der Waals surface area contributed by atoms with Crippen LogP contribution in [0.3, 0.4) is 0 Å². The van der Waals surface area contributed by atoms with Crippen LogP contribution in [0.25, 0.3) is 22.8 Å². The van der Waals surface area contributed by atoms with Crippen molar-refractivity contribution in [2.75, 3.05) is 5.73 Å². The summed E-state index contributed by atoms with van der Waals surface area (Å²) in [4.78, 5) is 0. The van der Waals surface area contributed by atoms with Gasteiger partial charge in [0.25, 0.3) is 0 Å². The summed E-state index contributed by atoms with van der Waals surface area (Å²) in [5.74, 6) is 0. The number of para-hydroxylation sites is 1. The summed E-state index contributed by atoms with van der Waals surface area (Å²) in [6.45, 7) is 2.10. The second kappa shape index (κ2) is 7.98. The van der Waals surface area contributed by atoms with Crippen LogP contribution in [-0.4, -0.2) is 0 Å². The van der Waals surface area contributed by atoms with E-state index in [4.69, 9.17) is 5.73 Å². The molecule has 0 fully saturated rings. The lowest BCUT2D eigenvalue weighted by atomic mass is 9.91. The highest BCUT2D eigenvalue weighted by molar-refractivity contribution is 5.98. The second-order valence-electron chi connectivity index (χ2n) is 6.97. The van der Waals surface area contributed by atoms with Gasteiger partial charge in [0, 0.05) is 16.8 Å². The minimum absolute atomic E-state index is 0.803. The van der Waals surface area contributed by atoms with Gasteiger partial charge in [0.1, 0.15) is 0 Å². The zero-order valence-corrected chi connectivity index (χ0v) is 16.0. The van der Waals surface area contributed by atoms with E-state index in [-0.39, 0.29) is 0 Å². The monoisotopic (exact) mass is 361 g/mol. The van der Waals surface area contributed by atoms with Crippen LogP contribution in [0.2, 0.25) is 0 Å². The van der Waals surface area contributed by atoms with Crippen LogP contribution in [0, 0.1) is 6.92 Å². The van der Waals surface area contributed by atoms with E-state index in [0.717, 1.165) is 39.1 Å². The minimum Gasteiger partial charge on any atom is -0.398 e. The summed E-state index contributed by atoms with van der Waals surface area (Å²) in [6.07, 6.45) is 2.21. The average Bonchev–Trinajstić information content (AvgIpc) is 2.75. The number of nitrogen functional groups attached to an aromatic ring is 1. The third-order valence-corrected chi connectivity index (χ3v) is 4.95. The van der Waals surface area contributed by atoms with Crippen molar-refractivity contribution < 1.29 is 0 Å². The van der Waals surface area contributed by atoms with Crippen molar-refractivity contribution in [2.24, 2.45) is 0 Å². The van der Waals surface area contributed by atoms with Gasteiger partial charge in [-0.3, -0.25) is 0 Å². The molecule has 28 heavy (non-hydrogen) atoms. The first-order valence-electron chi connectivity index (χ1n) is 9.50. The van der Waals surface area contributed by atoms with Crippen LogP contribution in [0.4, 0.5) is 5.69 Å². The number of aryl methyl sites for hydroxylation is 1. The molecule has 0 unspecified atom stereocenters. The Kier molecular flexibility index (Phi) is 5.07. The van der Waals surface area contributed by atoms with E-state index in [2.05, 4.69) is 104 Å². The molecule has 0 heterocycles. The van der Waals surface area contributed by atoms with Crippen molar-refractivity contribution in [1.82, 2.24) is 0 Å². The molecule has 4 rings (SSSR count). The van der Waals surface area contributed by atoms with Gasteiger partial charge in [-0.1, -0.05) is 109 Å². The largest absolute Gasteiger partial charge is 0.398 e. The molecule has 2 N–H and O–H groups in total. The zero-order chi connectivity index (χ0) is 19.3. The lowest BCUT2D eigenvalue weighted by molar-refractivity contribution is 1.46. The van der Waals surface area contributed by atoms with Gasteiger partial charge >= 0.3 is 0 Å². The van der Waals surface area contributed by atoms with Crippen molar-refractivity contribution in [3.05, 3.63) is 125 Å². The molecule has 4 aromatic carbocycles. The Hall–Kier alpha value is -3.58. The molecule has 0 amide bonds. The van der Waals surface area contributed by atoms with Crippen molar-refractivity contribution in [3.8, 4) is 11.1 Å². The number of hydrogen-bond donors (Lipinski definition) is 1. The maximum Gasteiger partial charge on any atom is 0.0473 e. The first-order valence-corrected chi connectivity index (χ1v) is 9.50. The summed E-state index contributed by atoms with van der Waals surface area (Å²) in [5, 5.41) is 0. The first kappa shape index (κ1) is 17.8. The number of anilines is 1. The Balaban J connectivity index is 1.89. The summed E-state index contributed by atoms with van der Waals surface area (Å²) < 4.78 is 0. The summed E-state index contributed by atoms with van der Waals surface area (Å²) in [6, 6.07) is 35.6. The molecule has 136 valence electrons. The fraction of sp³-hybridized carbons (Fsp3) is 0.0370. The van der Waals surface area contributed by atoms with Crippen LogP contribution in [0.5, 0.6) is 0 Å². The maximum absolute atomic E-state index is 6.70. The van der Waals surface area contributed by atoms with Gasteiger partial charge < -0.3 is 5.73 Å². The number of benzene rings is 4. The Bertz CT molecular complexity index is 1090. The topological polar surface area (TPSA) is 26.0 Å². The molecule has 0 aliphatic carbocycles. The highest BCUT2D eigenvalue weighted by Crippen LogP contribution is 2.36. The van der Waals surface area contributed by atoms with Crippen LogP contribution in [0.15, 0.2) is 103 Å². The predicted molar refractivity (Wildman–Crippen MR) is 121 cm³/mol. The molecule has 0 spiro atoms. The highest BCUT2D eigenvalue weighted by Gasteiger charge is 2.12. The SMILES string of the molecule is Cc1ccc(-c2cccc(C(=Cc3ccccc3)c3ccccc3)c2N)cc1. The molecule has 4 aromatic rings. The van der Waals surface area contributed by atoms with Crippen molar-refractivity contribution in [2.45, 2.75) is 6.92 Å². The Labute approximate surface area is 166 Å². The van der Waals surface area contributed by atoms with Crippen LogP contribution >= 0.6 is 0 Å². The first-order chi connectivity index (χ1) is 13.7. The molecule has 1 nitrogen and oxygen atoms in total. The number of nitrogens with two attached hydrogens (primary N) is 1. The Morgan fingerprint density at radius 2 is 1.32 bits per heavy atom. The molecule has 0 saturated carbocycles. The third kappa shape index (κ3) is 3.74. The van der Waals surface area contributed by atoms with Crippen LogP contribution in [-0.2, 0) is 0 Å². The van der Waals surface area contributed by atoms with Gasteiger partial charge in [-0.25, -0.2) is 0 Å². The quantitative estimate of drug-likeness (QED) is 0.313. The number of rotatable bonds is 4. The van der Waals surface area contributed by atoms with E-state index in [1.165, 1.54) is 5.56 Å². The number of hydrogen-bond acceptors (Lipinski definition) is 1. The minimum atomic E-state index is 0.803. The molecular weight excluding hydrogens is 338 g/mol. The van der Waals surface area contributed by atoms with Gasteiger partial charge in [0.05, 0.1) is 0 Å². The van der Waals surface area contributed by atoms with Crippen LogP contribution in [0.1, 0.15) is 22.3 Å². The van der Waals surface area contributed by atoms with E-state index in [0.29, 0.717) is 0 Å². The van der Waals surface area contributed by atoms with Gasteiger partial charge in [-0.05, 0) is 35.3 Å². The van der Waals surface area contributed by atoms with E-state index in [1.807, 2.05) is 12.1 Å². The fourth-order valence-electron chi connectivity index (χ4n) is 3.44. The summed E-state index contributed by atoms with van der Waals surface area (Å²) in [5.41, 5.74) is 15.4. The molecule has 0 saturated heterocycles. The van der Waals surface area contributed by atoms with E-state index >= 15 is 0 Å². The van der Waals surface area contributed by atoms with E-state index in [9.17, 15) is 0 Å². The van der Waals surface area contributed by atoms with Crippen molar-refractivity contribution >= 4 is 17.3 Å². The van der Waals surface area contributed by atoms with Gasteiger partial charge in [0.15, 0.2) is 0 Å². The van der Waals surface area contributed by atoms with Crippen molar-refractivity contribution in [1.29, 1.82) is 0 Å². The lowest BCUT2D eigenvalue weighted by Crippen LogP contribution is -1.98. The molecule has 0 bridgehead atoms. The maximum atomic E-state index is 6.70.